The van der Waals surface area contributed by atoms with Crippen LogP contribution in [0.1, 0.15) is 47.0 Å². The summed E-state index contributed by atoms with van der Waals surface area (Å²) in [6.07, 6.45) is 3.82. The van der Waals surface area contributed by atoms with Crippen LogP contribution >= 0.6 is 24.0 Å². The predicted molar refractivity (Wildman–Crippen MR) is 117 cm³/mol. The molecule has 0 radical (unpaired) electrons. The van der Waals surface area contributed by atoms with Gasteiger partial charge in [-0.15, -0.1) is 24.0 Å². The summed E-state index contributed by atoms with van der Waals surface area (Å²) in [6, 6.07) is 0.550. The van der Waals surface area contributed by atoms with Crippen LogP contribution in [0.15, 0.2) is 4.99 Å². The number of piperazine rings is 1. The van der Waals surface area contributed by atoms with Gasteiger partial charge in [-0.25, -0.2) is 0 Å². The lowest BCUT2D eigenvalue weighted by atomic mass is 10.1. The lowest BCUT2D eigenvalue weighted by Crippen LogP contribution is -2.53. The molecule has 0 aromatic carbocycles. The highest BCUT2D eigenvalue weighted by Gasteiger charge is 2.20. The van der Waals surface area contributed by atoms with Gasteiger partial charge in [0.15, 0.2) is 5.96 Å². The molecule has 0 aliphatic carbocycles. The zero-order valence-electron chi connectivity index (χ0n) is 16.5. The van der Waals surface area contributed by atoms with Gasteiger partial charge in [-0.3, -0.25) is 9.89 Å². The molecule has 2 N–H and O–H groups in total. The molecule has 1 unspecified atom stereocenters. The standard InChI is InChI=1S/C18H39N5.HI/c1-6-22-11-13-23(14-12-22)17(4)15-21-18(19-5)20-10-8-7-9-16(2)3;/h16-17H,6-15H2,1-5H3,(H2,19,20,21);1H. The Morgan fingerprint density at radius 3 is 2.25 bits per heavy atom. The van der Waals surface area contributed by atoms with Crippen LogP contribution in [0.3, 0.4) is 0 Å². The maximum absolute atomic E-state index is 4.33. The van der Waals surface area contributed by atoms with Crippen LogP contribution in [0.5, 0.6) is 0 Å². The third kappa shape index (κ3) is 10.0. The van der Waals surface area contributed by atoms with Crippen LogP contribution < -0.4 is 10.6 Å². The molecule has 0 spiro atoms. The van der Waals surface area contributed by atoms with E-state index in [1.807, 2.05) is 7.05 Å². The van der Waals surface area contributed by atoms with E-state index in [9.17, 15) is 0 Å². The van der Waals surface area contributed by atoms with Crippen molar-refractivity contribution in [2.24, 2.45) is 10.9 Å². The van der Waals surface area contributed by atoms with Crippen molar-refractivity contribution in [3.05, 3.63) is 0 Å². The molecule has 0 amide bonds. The summed E-state index contributed by atoms with van der Waals surface area (Å²) < 4.78 is 0. The summed E-state index contributed by atoms with van der Waals surface area (Å²) in [5.74, 6) is 1.75. The molecule has 0 aromatic heterocycles. The van der Waals surface area contributed by atoms with Crippen LogP contribution in [0.2, 0.25) is 0 Å². The number of hydrogen-bond donors (Lipinski definition) is 2. The van der Waals surface area contributed by atoms with E-state index in [0.29, 0.717) is 6.04 Å². The number of likely N-dealkylation sites (N-methyl/N-ethyl adjacent to an activating group) is 1. The summed E-state index contributed by atoms with van der Waals surface area (Å²) in [5.41, 5.74) is 0. The molecule has 1 fully saturated rings. The van der Waals surface area contributed by atoms with Crippen LogP contribution in [-0.4, -0.2) is 74.7 Å². The highest BCUT2D eigenvalue weighted by molar-refractivity contribution is 14.0. The Morgan fingerprint density at radius 1 is 1.04 bits per heavy atom. The number of nitrogens with one attached hydrogen (secondary N) is 2. The third-order valence-corrected chi connectivity index (χ3v) is 4.77. The van der Waals surface area contributed by atoms with Gasteiger partial charge in [0.05, 0.1) is 0 Å². The van der Waals surface area contributed by atoms with Crippen molar-refractivity contribution in [1.29, 1.82) is 0 Å². The van der Waals surface area contributed by atoms with Gasteiger partial charge in [-0.05, 0) is 25.8 Å². The van der Waals surface area contributed by atoms with Gasteiger partial charge in [0.2, 0.25) is 0 Å². The van der Waals surface area contributed by atoms with Crippen molar-refractivity contribution in [2.75, 3.05) is 52.9 Å². The van der Waals surface area contributed by atoms with Crippen molar-refractivity contribution in [3.63, 3.8) is 0 Å². The fraction of sp³-hybridized carbons (Fsp3) is 0.944. The highest BCUT2D eigenvalue weighted by atomic mass is 127. The second-order valence-corrected chi connectivity index (χ2v) is 7.09. The average Bonchev–Trinajstić information content (AvgIpc) is 2.56. The second-order valence-electron chi connectivity index (χ2n) is 7.09. The SMILES string of the molecule is CCN1CCN(C(C)CNC(=NC)NCCCCC(C)C)CC1.I. The van der Waals surface area contributed by atoms with Crippen molar-refractivity contribution in [3.8, 4) is 0 Å². The molecule has 144 valence electrons. The van der Waals surface area contributed by atoms with Gasteiger partial charge in [-0.1, -0.05) is 33.6 Å². The van der Waals surface area contributed by atoms with E-state index in [-0.39, 0.29) is 24.0 Å². The number of halogens is 1. The average molecular weight is 453 g/mol. The maximum atomic E-state index is 4.33. The van der Waals surface area contributed by atoms with Crippen molar-refractivity contribution >= 4 is 29.9 Å². The van der Waals surface area contributed by atoms with Crippen molar-refractivity contribution < 1.29 is 0 Å². The smallest absolute Gasteiger partial charge is 0.191 e. The van der Waals surface area contributed by atoms with Gasteiger partial charge in [0, 0.05) is 52.4 Å². The van der Waals surface area contributed by atoms with Gasteiger partial charge in [0.1, 0.15) is 0 Å². The molecule has 1 saturated heterocycles. The van der Waals surface area contributed by atoms with Crippen LogP contribution in [0, 0.1) is 5.92 Å². The van der Waals surface area contributed by atoms with Gasteiger partial charge in [-0.2, -0.15) is 0 Å². The fourth-order valence-electron chi connectivity index (χ4n) is 3.00. The van der Waals surface area contributed by atoms with E-state index in [1.54, 1.807) is 0 Å². The quantitative estimate of drug-likeness (QED) is 0.244. The predicted octanol–water partition coefficient (Wildman–Crippen LogP) is 2.62. The number of hydrogen-bond acceptors (Lipinski definition) is 3. The number of rotatable bonds is 9. The monoisotopic (exact) mass is 453 g/mol. The Kier molecular flexibility index (Phi) is 14.1. The molecule has 5 nitrogen and oxygen atoms in total. The zero-order chi connectivity index (χ0) is 17.1. The normalized spacial score (nSPS) is 18.3. The first-order valence-corrected chi connectivity index (χ1v) is 9.47. The molecule has 1 rings (SSSR count). The highest BCUT2D eigenvalue weighted by Crippen LogP contribution is 2.06. The number of aliphatic imine (C=N–C) groups is 1. The Labute approximate surface area is 167 Å². The lowest BCUT2D eigenvalue weighted by Gasteiger charge is -2.37. The second kappa shape index (κ2) is 14.1. The molecule has 0 aromatic rings. The van der Waals surface area contributed by atoms with E-state index in [2.05, 4.69) is 53.1 Å². The van der Waals surface area contributed by atoms with E-state index in [1.165, 1.54) is 52.0 Å². The number of nitrogens with zero attached hydrogens (tertiary/aromatic N) is 3. The molecule has 1 aliphatic heterocycles. The summed E-state index contributed by atoms with van der Waals surface area (Å²) in [4.78, 5) is 9.43. The molecular weight excluding hydrogens is 413 g/mol. The summed E-state index contributed by atoms with van der Waals surface area (Å²) in [5, 5.41) is 6.90. The Balaban J connectivity index is 0.00000529. The first kappa shape index (κ1) is 23.9. The first-order valence-electron chi connectivity index (χ1n) is 9.47. The van der Waals surface area contributed by atoms with Crippen molar-refractivity contribution in [1.82, 2.24) is 20.4 Å². The minimum Gasteiger partial charge on any atom is -0.356 e. The molecule has 0 saturated carbocycles. The molecular formula is C18H40IN5. The minimum atomic E-state index is 0. The molecule has 0 bridgehead atoms. The zero-order valence-corrected chi connectivity index (χ0v) is 18.8. The van der Waals surface area contributed by atoms with Crippen molar-refractivity contribution in [2.45, 2.75) is 53.0 Å². The lowest BCUT2D eigenvalue weighted by molar-refractivity contribution is 0.107. The van der Waals surface area contributed by atoms with Crippen LogP contribution in [0.4, 0.5) is 0 Å². The number of unbranched alkanes of at least 4 members (excludes halogenated alkanes) is 1. The molecule has 1 aliphatic rings. The maximum Gasteiger partial charge on any atom is 0.191 e. The van der Waals surface area contributed by atoms with E-state index >= 15 is 0 Å². The summed E-state index contributed by atoms with van der Waals surface area (Å²) in [6.45, 7) is 17.0. The van der Waals surface area contributed by atoms with E-state index in [0.717, 1.165) is 25.0 Å². The van der Waals surface area contributed by atoms with Crippen LogP contribution in [-0.2, 0) is 0 Å². The molecule has 1 atom stereocenters. The summed E-state index contributed by atoms with van der Waals surface area (Å²) >= 11 is 0. The first-order chi connectivity index (χ1) is 11.1. The number of guanidine groups is 1. The van der Waals surface area contributed by atoms with Crippen LogP contribution in [0.25, 0.3) is 0 Å². The third-order valence-electron chi connectivity index (χ3n) is 4.77. The molecule has 6 heteroatoms. The van der Waals surface area contributed by atoms with E-state index in [4.69, 9.17) is 0 Å². The molecule has 24 heavy (non-hydrogen) atoms. The Morgan fingerprint density at radius 2 is 1.71 bits per heavy atom. The van der Waals surface area contributed by atoms with Gasteiger partial charge < -0.3 is 15.5 Å². The topological polar surface area (TPSA) is 42.9 Å². The van der Waals surface area contributed by atoms with E-state index < -0.39 is 0 Å². The Hall–Kier alpha value is -0.0800. The Bertz CT molecular complexity index is 327. The summed E-state index contributed by atoms with van der Waals surface area (Å²) in [7, 11) is 1.86. The van der Waals surface area contributed by atoms with Gasteiger partial charge in [0.25, 0.3) is 0 Å². The molecule has 1 heterocycles. The fourth-order valence-corrected chi connectivity index (χ4v) is 3.00. The van der Waals surface area contributed by atoms with Gasteiger partial charge >= 0.3 is 0 Å². The minimum absolute atomic E-state index is 0. The largest absolute Gasteiger partial charge is 0.356 e.